The molecule has 134 valence electrons. The van der Waals surface area contributed by atoms with Crippen molar-refractivity contribution in [1.82, 2.24) is 4.90 Å². The number of halogens is 1. The highest BCUT2D eigenvalue weighted by Crippen LogP contribution is 2.39. The number of amides is 2. The molecule has 0 radical (unpaired) electrons. The summed E-state index contributed by atoms with van der Waals surface area (Å²) >= 11 is 4.42. The number of nitrogens with zero attached hydrogens (tertiary/aromatic N) is 1. The number of benzene rings is 1. The number of carbonyl (C=O) groups is 2. The van der Waals surface area contributed by atoms with E-state index in [0.29, 0.717) is 34.1 Å². The highest BCUT2D eigenvalue weighted by molar-refractivity contribution is 9.10. The smallest absolute Gasteiger partial charge is 0.293 e. The molecule has 1 saturated heterocycles. The molecular formula is C18H20BrNO4S. The van der Waals surface area contributed by atoms with Crippen LogP contribution in [-0.4, -0.2) is 35.3 Å². The van der Waals surface area contributed by atoms with Crippen LogP contribution in [0.15, 0.2) is 34.2 Å². The topological polar surface area (TPSA) is 55.8 Å². The number of thioether (sulfide) groups is 1. The Hall–Kier alpha value is -1.73. The maximum Gasteiger partial charge on any atom is 0.293 e. The largest absolute Gasteiger partial charge is 0.490 e. The van der Waals surface area contributed by atoms with Crippen molar-refractivity contribution in [1.29, 1.82) is 0 Å². The Labute approximate surface area is 160 Å². The van der Waals surface area contributed by atoms with E-state index in [1.54, 1.807) is 18.2 Å². The van der Waals surface area contributed by atoms with Gasteiger partial charge in [0.05, 0.1) is 16.0 Å². The predicted molar refractivity (Wildman–Crippen MR) is 104 cm³/mol. The van der Waals surface area contributed by atoms with Crippen LogP contribution in [0.4, 0.5) is 4.79 Å². The summed E-state index contributed by atoms with van der Waals surface area (Å²) in [6.07, 6.45) is 3.34. The fourth-order valence-electron chi connectivity index (χ4n) is 2.29. The third-order valence-electron chi connectivity index (χ3n) is 3.31. The van der Waals surface area contributed by atoms with Gasteiger partial charge in [-0.2, -0.15) is 0 Å². The van der Waals surface area contributed by atoms with Crippen LogP contribution < -0.4 is 9.47 Å². The molecule has 1 aliphatic rings. The van der Waals surface area contributed by atoms with Crippen molar-refractivity contribution in [3.05, 3.63) is 39.7 Å². The van der Waals surface area contributed by atoms with Gasteiger partial charge >= 0.3 is 0 Å². The van der Waals surface area contributed by atoms with E-state index in [1.807, 2.05) is 26.8 Å². The summed E-state index contributed by atoms with van der Waals surface area (Å²) in [5.74, 6) is 0.869. The number of hydrogen-bond acceptors (Lipinski definition) is 5. The standard InChI is InChI=1S/C18H20BrNO4S/c1-5-7-24-16-13(19)8-12(9-14(16)23-6-2)10-15-17(21)20(11(3)4)18(22)25-15/h5,8-11H,1,6-7H2,2-4H3/b15-10+. The lowest BCUT2D eigenvalue weighted by molar-refractivity contribution is -0.123. The van der Waals surface area contributed by atoms with Gasteiger partial charge in [0.25, 0.3) is 11.1 Å². The molecule has 1 aliphatic heterocycles. The minimum Gasteiger partial charge on any atom is -0.490 e. The minimum atomic E-state index is -0.272. The number of carbonyl (C=O) groups excluding carboxylic acids is 2. The minimum absolute atomic E-state index is 0.168. The Balaban J connectivity index is 2.38. The van der Waals surface area contributed by atoms with Gasteiger partial charge in [0.15, 0.2) is 11.5 Å². The van der Waals surface area contributed by atoms with Gasteiger partial charge in [-0.3, -0.25) is 14.5 Å². The molecule has 5 nitrogen and oxygen atoms in total. The van der Waals surface area contributed by atoms with E-state index in [9.17, 15) is 9.59 Å². The molecule has 0 N–H and O–H groups in total. The average Bonchev–Trinajstić information content (AvgIpc) is 2.81. The molecule has 0 atom stereocenters. The first-order valence-corrected chi connectivity index (χ1v) is 9.47. The van der Waals surface area contributed by atoms with Crippen molar-refractivity contribution in [2.75, 3.05) is 13.2 Å². The highest BCUT2D eigenvalue weighted by Gasteiger charge is 2.36. The molecule has 1 heterocycles. The van der Waals surface area contributed by atoms with Crippen LogP contribution >= 0.6 is 27.7 Å². The summed E-state index contributed by atoms with van der Waals surface area (Å²) in [6.45, 7) is 9.97. The third kappa shape index (κ3) is 4.46. The zero-order valence-electron chi connectivity index (χ0n) is 14.4. The van der Waals surface area contributed by atoms with Crippen LogP contribution in [0.1, 0.15) is 26.3 Å². The Kier molecular flexibility index (Phi) is 6.72. The van der Waals surface area contributed by atoms with Gasteiger partial charge in [0.1, 0.15) is 6.61 Å². The van der Waals surface area contributed by atoms with E-state index in [2.05, 4.69) is 22.5 Å². The summed E-state index contributed by atoms with van der Waals surface area (Å²) in [4.78, 5) is 26.1. The number of hydrogen-bond donors (Lipinski definition) is 0. The predicted octanol–water partition coefficient (Wildman–Crippen LogP) is 4.86. The molecular weight excluding hydrogens is 406 g/mol. The van der Waals surface area contributed by atoms with Crippen LogP contribution in [-0.2, 0) is 4.79 Å². The lowest BCUT2D eigenvalue weighted by atomic mass is 10.1. The van der Waals surface area contributed by atoms with Crippen molar-refractivity contribution in [2.24, 2.45) is 0 Å². The molecule has 0 saturated carbocycles. The summed E-state index contributed by atoms with van der Waals surface area (Å²) < 4.78 is 12.0. The van der Waals surface area contributed by atoms with Crippen LogP contribution in [0.2, 0.25) is 0 Å². The van der Waals surface area contributed by atoms with E-state index in [4.69, 9.17) is 9.47 Å². The first kappa shape index (κ1) is 19.6. The van der Waals surface area contributed by atoms with Gasteiger partial charge < -0.3 is 9.47 Å². The van der Waals surface area contributed by atoms with Crippen LogP contribution in [0, 0.1) is 0 Å². The Morgan fingerprint density at radius 2 is 2.04 bits per heavy atom. The fraction of sp³-hybridized carbons (Fsp3) is 0.333. The Morgan fingerprint density at radius 1 is 1.32 bits per heavy atom. The van der Waals surface area contributed by atoms with Crippen molar-refractivity contribution < 1.29 is 19.1 Å². The molecule has 0 spiro atoms. The molecule has 0 aliphatic carbocycles. The Morgan fingerprint density at radius 3 is 2.60 bits per heavy atom. The lowest BCUT2D eigenvalue weighted by Crippen LogP contribution is -2.34. The first-order chi connectivity index (χ1) is 11.9. The zero-order valence-corrected chi connectivity index (χ0v) is 16.8. The Bertz CT molecular complexity index is 730. The van der Waals surface area contributed by atoms with Gasteiger partial charge in [-0.1, -0.05) is 12.7 Å². The maximum atomic E-state index is 12.4. The molecule has 1 fully saturated rings. The molecule has 2 rings (SSSR count). The van der Waals surface area contributed by atoms with Gasteiger partial charge in [-0.05, 0) is 72.2 Å². The van der Waals surface area contributed by atoms with Gasteiger partial charge in [0, 0.05) is 6.04 Å². The average molecular weight is 426 g/mol. The SMILES string of the molecule is C=CCOc1c(Br)cc(/C=C2/SC(=O)N(C(C)C)C2=O)cc1OCC. The molecule has 2 amide bonds. The van der Waals surface area contributed by atoms with Crippen LogP contribution in [0.3, 0.4) is 0 Å². The molecule has 0 aromatic heterocycles. The molecule has 25 heavy (non-hydrogen) atoms. The van der Waals surface area contributed by atoms with Crippen molar-refractivity contribution in [3.8, 4) is 11.5 Å². The molecule has 7 heteroatoms. The van der Waals surface area contributed by atoms with Crippen molar-refractivity contribution in [2.45, 2.75) is 26.8 Å². The number of ether oxygens (including phenoxy) is 2. The van der Waals surface area contributed by atoms with Crippen molar-refractivity contribution in [3.63, 3.8) is 0 Å². The van der Waals surface area contributed by atoms with E-state index >= 15 is 0 Å². The highest BCUT2D eigenvalue weighted by atomic mass is 79.9. The van der Waals surface area contributed by atoms with Crippen LogP contribution in [0.25, 0.3) is 6.08 Å². The first-order valence-electron chi connectivity index (χ1n) is 7.86. The number of imide groups is 1. The molecule has 0 bridgehead atoms. The summed E-state index contributed by atoms with van der Waals surface area (Å²) in [5.41, 5.74) is 0.746. The van der Waals surface area contributed by atoms with E-state index in [1.165, 1.54) is 4.90 Å². The fourth-order valence-corrected chi connectivity index (χ4v) is 3.83. The molecule has 1 aromatic rings. The zero-order chi connectivity index (χ0) is 18.6. The van der Waals surface area contributed by atoms with E-state index < -0.39 is 0 Å². The number of rotatable bonds is 7. The van der Waals surface area contributed by atoms with Gasteiger partial charge in [0.2, 0.25) is 0 Å². The van der Waals surface area contributed by atoms with Gasteiger partial charge in [-0.25, -0.2) is 0 Å². The van der Waals surface area contributed by atoms with E-state index in [-0.39, 0.29) is 17.2 Å². The summed E-state index contributed by atoms with van der Waals surface area (Å²) in [6, 6.07) is 3.44. The van der Waals surface area contributed by atoms with Crippen LogP contribution in [0.5, 0.6) is 11.5 Å². The second kappa shape index (κ2) is 8.58. The third-order valence-corrected chi connectivity index (χ3v) is 4.79. The van der Waals surface area contributed by atoms with Gasteiger partial charge in [-0.15, -0.1) is 0 Å². The van der Waals surface area contributed by atoms with Crippen molar-refractivity contribution >= 4 is 44.9 Å². The molecule has 1 aromatic carbocycles. The summed E-state index contributed by atoms with van der Waals surface area (Å²) in [5, 5.41) is -0.249. The summed E-state index contributed by atoms with van der Waals surface area (Å²) in [7, 11) is 0. The normalized spacial score (nSPS) is 16.0. The quantitative estimate of drug-likeness (QED) is 0.461. The lowest BCUT2D eigenvalue weighted by Gasteiger charge is -2.16. The molecule has 0 unspecified atom stereocenters. The maximum absolute atomic E-state index is 12.4. The van der Waals surface area contributed by atoms with E-state index in [0.717, 1.165) is 17.3 Å². The second-order valence-electron chi connectivity index (χ2n) is 5.51. The monoisotopic (exact) mass is 425 g/mol. The second-order valence-corrected chi connectivity index (χ2v) is 7.36.